The van der Waals surface area contributed by atoms with E-state index in [1.807, 2.05) is 0 Å². The van der Waals surface area contributed by atoms with Crippen LogP contribution < -0.4 is 5.32 Å². The lowest BCUT2D eigenvalue weighted by atomic mass is 9.81. The third kappa shape index (κ3) is 4.97. The fraction of sp³-hybridized carbons (Fsp3) is 0.923. The molecule has 16 heavy (non-hydrogen) atoms. The normalized spacial score (nSPS) is 25.4. The van der Waals surface area contributed by atoms with Gasteiger partial charge in [-0.3, -0.25) is 4.79 Å². The molecule has 2 unspecified atom stereocenters. The standard InChI is InChI=1S/C13H26N2O/c1-11-5-4-6-12(9-11)7-8-14-10-13(16)15(2)3/h11-12,14H,4-10H2,1-3H3. The summed E-state index contributed by atoms with van der Waals surface area (Å²) in [6, 6.07) is 0. The average molecular weight is 226 g/mol. The Bertz CT molecular complexity index is 216. The summed E-state index contributed by atoms with van der Waals surface area (Å²) in [5.74, 6) is 1.95. The van der Waals surface area contributed by atoms with Crippen molar-refractivity contribution < 1.29 is 4.79 Å². The predicted octanol–water partition coefficient (Wildman–Crippen LogP) is 1.88. The molecular weight excluding hydrogens is 200 g/mol. The molecule has 0 aromatic carbocycles. The quantitative estimate of drug-likeness (QED) is 0.726. The highest BCUT2D eigenvalue weighted by molar-refractivity contribution is 5.77. The van der Waals surface area contributed by atoms with Crippen molar-refractivity contribution >= 4 is 5.91 Å². The molecule has 0 heterocycles. The van der Waals surface area contributed by atoms with Crippen molar-refractivity contribution in [3.8, 4) is 0 Å². The molecule has 1 N–H and O–H groups in total. The molecule has 94 valence electrons. The molecule has 0 aromatic heterocycles. The van der Waals surface area contributed by atoms with E-state index in [0.29, 0.717) is 6.54 Å². The second-order valence-corrected chi connectivity index (χ2v) is 5.39. The van der Waals surface area contributed by atoms with E-state index in [9.17, 15) is 4.79 Å². The summed E-state index contributed by atoms with van der Waals surface area (Å²) in [7, 11) is 3.60. The van der Waals surface area contributed by atoms with Gasteiger partial charge in [-0.2, -0.15) is 0 Å². The Kier molecular flexibility index (Phi) is 5.81. The van der Waals surface area contributed by atoms with Crippen molar-refractivity contribution in [3.63, 3.8) is 0 Å². The van der Waals surface area contributed by atoms with Gasteiger partial charge in [0, 0.05) is 14.1 Å². The molecule has 0 spiro atoms. The van der Waals surface area contributed by atoms with Crippen LogP contribution in [-0.2, 0) is 4.79 Å². The summed E-state index contributed by atoms with van der Waals surface area (Å²) < 4.78 is 0. The number of rotatable bonds is 5. The van der Waals surface area contributed by atoms with Crippen molar-refractivity contribution in [1.82, 2.24) is 10.2 Å². The first-order chi connectivity index (χ1) is 7.59. The smallest absolute Gasteiger partial charge is 0.236 e. The van der Waals surface area contributed by atoms with E-state index < -0.39 is 0 Å². The van der Waals surface area contributed by atoms with Crippen LogP contribution in [0.2, 0.25) is 0 Å². The van der Waals surface area contributed by atoms with Gasteiger partial charge in [0.15, 0.2) is 0 Å². The number of carbonyl (C=O) groups excluding carboxylic acids is 1. The summed E-state index contributed by atoms with van der Waals surface area (Å²) in [5, 5.41) is 3.24. The van der Waals surface area contributed by atoms with Crippen molar-refractivity contribution in [2.75, 3.05) is 27.2 Å². The van der Waals surface area contributed by atoms with Gasteiger partial charge in [0.1, 0.15) is 0 Å². The number of amides is 1. The van der Waals surface area contributed by atoms with Gasteiger partial charge in [0.05, 0.1) is 6.54 Å². The Morgan fingerprint density at radius 3 is 2.75 bits per heavy atom. The lowest BCUT2D eigenvalue weighted by Crippen LogP contribution is -2.34. The van der Waals surface area contributed by atoms with Crippen molar-refractivity contribution in [2.24, 2.45) is 11.8 Å². The number of nitrogens with one attached hydrogen (secondary N) is 1. The first-order valence-electron chi connectivity index (χ1n) is 6.50. The maximum atomic E-state index is 11.3. The Labute approximate surface area is 99.6 Å². The molecule has 0 aromatic rings. The highest BCUT2D eigenvalue weighted by Gasteiger charge is 2.18. The molecule has 0 aliphatic heterocycles. The third-order valence-electron chi connectivity index (χ3n) is 3.55. The van der Waals surface area contributed by atoms with E-state index in [1.165, 1.54) is 32.1 Å². The predicted molar refractivity (Wildman–Crippen MR) is 67.3 cm³/mol. The van der Waals surface area contributed by atoms with Crippen LogP contribution in [0.15, 0.2) is 0 Å². The fourth-order valence-electron chi connectivity index (χ4n) is 2.48. The summed E-state index contributed by atoms with van der Waals surface area (Å²) in [6.45, 7) is 3.82. The van der Waals surface area contributed by atoms with E-state index in [2.05, 4.69) is 12.2 Å². The average Bonchev–Trinajstić information content (AvgIpc) is 2.24. The zero-order valence-electron chi connectivity index (χ0n) is 11.0. The minimum atomic E-state index is 0.164. The number of nitrogens with zero attached hydrogens (tertiary/aromatic N) is 1. The van der Waals surface area contributed by atoms with Gasteiger partial charge in [-0.1, -0.05) is 26.2 Å². The third-order valence-corrected chi connectivity index (χ3v) is 3.55. The maximum absolute atomic E-state index is 11.3. The lowest BCUT2D eigenvalue weighted by Gasteiger charge is -2.26. The number of likely N-dealkylation sites (N-methyl/N-ethyl adjacent to an activating group) is 1. The lowest BCUT2D eigenvalue weighted by molar-refractivity contribution is -0.127. The zero-order chi connectivity index (χ0) is 12.0. The van der Waals surface area contributed by atoms with Gasteiger partial charge in [-0.05, 0) is 31.2 Å². The van der Waals surface area contributed by atoms with Crippen LogP contribution in [-0.4, -0.2) is 38.0 Å². The van der Waals surface area contributed by atoms with E-state index in [4.69, 9.17) is 0 Å². The Balaban J connectivity index is 2.04. The van der Waals surface area contributed by atoms with Crippen LogP contribution in [0.25, 0.3) is 0 Å². The largest absolute Gasteiger partial charge is 0.348 e. The van der Waals surface area contributed by atoms with E-state index in [1.54, 1.807) is 19.0 Å². The van der Waals surface area contributed by atoms with Crippen LogP contribution in [0, 0.1) is 11.8 Å². The first-order valence-corrected chi connectivity index (χ1v) is 6.50. The minimum Gasteiger partial charge on any atom is -0.348 e. The van der Waals surface area contributed by atoms with Crippen LogP contribution >= 0.6 is 0 Å². The van der Waals surface area contributed by atoms with Gasteiger partial charge in [0.25, 0.3) is 0 Å². The molecule has 0 radical (unpaired) electrons. The molecule has 1 amide bonds. The van der Waals surface area contributed by atoms with Gasteiger partial charge < -0.3 is 10.2 Å². The minimum absolute atomic E-state index is 0.164. The molecule has 0 saturated heterocycles. The van der Waals surface area contributed by atoms with Crippen molar-refractivity contribution in [2.45, 2.75) is 39.0 Å². The summed E-state index contributed by atoms with van der Waals surface area (Å²) >= 11 is 0. The van der Waals surface area contributed by atoms with Crippen molar-refractivity contribution in [3.05, 3.63) is 0 Å². The molecule has 1 fully saturated rings. The molecular formula is C13H26N2O. The second-order valence-electron chi connectivity index (χ2n) is 5.39. The summed E-state index contributed by atoms with van der Waals surface area (Å²) in [5.41, 5.74) is 0. The Morgan fingerprint density at radius 1 is 1.38 bits per heavy atom. The van der Waals surface area contributed by atoms with Gasteiger partial charge in [-0.25, -0.2) is 0 Å². The van der Waals surface area contributed by atoms with Crippen LogP contribution in [0.5, 0.6) is 0 Å². The molecule has 2 atom stereocenters. The maximum Gasteiger partial charge on any atom is 0.236 e. The summed E-state index contributed by atoms with van der Waals surface area (Å²) in [4.78, 5) is 12.9. The first kappa shape index (κ1) is 13.5. The SMILES string of the molecule is CC1CCCC(CCNCC(=O)N(C)C)C1. The highest BCUT2D eigenvalue weighted by atomic mass is 16.2. The van der Waals surface area contributed by atoms with E-state index in [0.717, 1.165) is 18.4 Å². The van der Waals surface area contributed by atoms with E-state index >= 15 is 0 Å². The molecule has 1 saturated carbocycles. The fourth-order valence-corrected chi connectivity index (χ4v) is 2.48. The Morgan fingerprint density at radius 2 is 2.12 bits per heavy atom. The molecule has 1 rings (SSSR count). The molecule has 3 heteroatoms. The van der Waals surface area contributed by atoms with Gasteiger partial charge in [-0.15, -0.1) is 0 Å². The van der Waals surface area contributed by atoms with Gasteiger partial charge >= 0.3 is 0 Å². The number of carbonyl (C=O) groups is 1. The Hall–Kier alpha value is -0.570. The molecule has 3 nitrogen and oxygen atoms in total. The zero-order valence-corrected chi connectivity index (χ0v) is 11.0. The molecule has 1 aliphatic rings. The van der Waals surface area contributed by atoms with Crippen LogP contribution in [0.3, 0.4) is 0 Å². The number of hydrogen-bond donors (Lipinski definition) is 1. The second kappa shape index (κ2) is 6.89. The monoisotopic (exact) mass is 226 g/mol. The van der Waals surface area contributed by atoms with Crippen LogP contribution in [0.1, 0.15) is 39.0 Å². The van der Waals surface area contributed by atoms with Gasteiger partial charge in [0.2, 0.25) is 5.91 Å². The topological polar surface area (TPSA) is 32.3 Å². The summed E-state index contributed by atoms with van der Waals surface area (Å²) in [6.07, 6.45) is 6.79. The van der Waals surface area contributed by atoms with Crippen molar-refractivity contribution in [1.29, 1.82) is 0 Å². The van der Waals surface area contributed by atoms with Crippen LogP contribution in [0.4, 0.5) is 0 Å². The number of hydrogen-bond acceptors (Lipinski definition) is 2. The molecule has 1 aliphatic carbocycles. The molecule has 0 bridgehead atoms. The van der Waals surface area contributed by atoms with E-state index in [-0.39, 0.29) is 5.91 Å². The highest BCUT2D eigenvalue weighted by Crippen LogP contribution is 2.30.